The summed E-state index contributed by atoms with van der Waals surface area (Å²) < 4.78 is 8.02. The fraction of sp³-hybridized carbons (Fsp3) is 0.550. The van der Waals surface area contributed by atoms with Crippen molar-refractivity contribution in [2.75, 3.05) is 6.54 Å². The maximum absolute atomic E-state index is 6.04. The van der Waals surface area contributed by atoms with E-state index in [0.29, 0.717) is 12.6 Å². The average molecular weight is 368 g/mol. The Kier molecular flexibility index (Phi) is 5.27. The van der Waals surface area contributed by atoms with Gasteiger partial charge in [-0.3, -0.25) is 0 Å². The lowest BCUT2D eigenvalue weighted by Gasteiger charge is -2.19. The summed E-state index contributed by atoms with van der Waals surface area (Å²) in [6.45, 7) is 3.18. The second kappa shape index (κ2) is 7.98. The first-order chi connectivity index (χ1) is 13.2. The minimum Gasteiger partial charge on any atom is -0.488 e. The smallest absolute Gasteiger partial charge is 0.192 e. The minimum absolute atomic E-state index is 0.134. The number of ether oxygens (including phenoxy) is 1. The maximum atomic E-state index is 6.04. The summed E-state index contributed by atoms with van der Waals surface area (Å²) >= 11 is 0. The van der Waals surface area contributed by atoms with Crippen LogP contribution in [0.15, 0.2) is 29.3 Å². The van der Waals surface area contributed by atoms with E-state index in [1.54, 1.807) is 0 Å². The van der Waals surface area contributed by atoms with E-state index in [0.717, 1.165) is 36.3 Å². The molecule has 2 N–H and O–H groups in total. The Bertz CT molecular complexity index is 784. The molecule has 144 valence electrons. The summed E-state index contributed by atoms with van der Waals surface area (Å²) in [7, 11) is 1.97. The number of hydrogen-bond donors (Lipinski definition) is 2. The minimum atomic E-state index is 0.134. The summed E-state index contributed by atoms with van der Waals surface area (Å²) in [5, 5.41) is 15.4. The summed E-state index contributed by atoms with van der Waals surface area (Å²) in [6, 6.07) is 8.76. The van der Waals surface area contributed by atoms with Crippen molar-refractivity contribution < 1.29 is 4.74 Å². The molecule has 0 amide bonds. The van der Waals surface area contributed by atoms with E-state index in [2.05, 4.69) is 33.0 Å². The molecule has 2 heterocycles. The molecule has 0 radical (unpaired) electrons. The second-order valence-corrected chi connectivity index (χ2v) is 7.45. The van der Waals surface area contributed by atoms with E-state index in [1.807, 2.05) is 30.7 Å². The molecule has 1 aromatic heterocycles. The Labute approximate surface area is 160 Å². The molecule has 1 aliphatic heterocycles. The van der Waals surface area contributed by atoms with Gasteiger partial charge in [0.2, 0.25) is 0 Å². The molecule has 27 heavy (non-hydrogen) atoms. The molecule has 1 unspecified atom stereocenters. The van der Waals surface area contributed by atoms with Crippen LogP contribution in [0.2, 0.25) is 0 Å². The van der Waals surface area contributed by atoms with Crippen LogP contribution < -0.4 is 15.4 Å². The summed E-state index contributed by atoms with van der Waals surface area (Å²) in [6.07, 6.45) is 6.05. The van der Waals surface area contributed by atoms with Gasteiger partial charge in [0.25, 0.3) is 0 Å². The highest BCUT2D eigenvalue weighted by atomic mass is 16.5. The quantitative estimate of drug-likeness (QED) is 0.624. The van der Waals surface area contributed by atoms with Crippen LogP contribution in [0.4, 0.5) is 0 Å². The lowest BCUT2D eigenvalue weighted by molar-refractivity contribution is 0.234. The average Bonchev–Trinajstić information content (AvgIpc) is 3.39. The lowest BCUT2D eigenvalue weighted by Crippen LogP contribution is -2.45. The third kappa shape index (κ3) is 4.23. The normalized spacial score (nSPS) is 19.8. The third-order valence-electron chi connectivity index (χ3n) is 5.47. The first-order valence-electron chi connectivity index (χ1n) is 9.83. The van der Waals surface area contributed by atoms with E-state index in [4.69, 9.17) is 9.73 Å². The summed E-state index contributed by atoms with van der Waals surface area (Å²) in [5.41, 5.74) is 1.28. The fourth-order valence-corrected chi connectivity index (χ4v) is 3.73. The number of benzene rings is 1. The van der Waals surface area contributed by atoms with E-state index in [-0.39, 0.29) is 6.10 Å². The van der Waals surface area contributed by atoms with Gasteiger partial charge in [0.05, 0.1) is 6.54 Å². The van der Waals surface area contributed by atoms with Crippen molar-refractivity contribution in [1.82, 2.24) is 25.4 Å². The molecule has 1 atom stereocenters. The predicted molar refractivity (Wildman–Crippen MR) is 105 cm³/mol. The molecule has 2 aromatic rings. The number of hydrogen-bond acceptors (Lipinski definition) is 4. The third-order valence-corrected chi connectivity index (χ3v) is 5.47. The molecule has 0 bridgehead atoms. The highest BCUT2D eigenvalue weighted by molar-refractivity contribution is 5.80. The first kappa shape index (κ1) is 17.8. The van der Waals surface area contributed by atoms with Crippen LogP contribution in [0.1, 0.15) is 42.9 Å². The Hall–Kier alpha value is -2.57. The topological polar surface area (TPSA) is 76.4 Å². The second-order valence-electron chi connectivity index (χ2n) is 7.45. The van der Waals surface area contributed by atoms with Crippen molar-refractivity contribution in [2.24, 2.45) is 12.0 Å². The van der Waals surface area contributed by atoms with Crippen molar-refractivity contribution in [2.45, 2.75) is 57.7 Å². The molecule has 1 aromatic carbocycles. The number of rotatable bonds is 5. The van der Waals surface area contributed by atoms with E-state index in [1.165, 1.54) is 31.2 Å². The van der Waals surface area contributed by atoms with Gasteiger partial charge in [-0.25, -0.2) is 4.99 Å². The van der Waals surface area contributed by atoms with Crippen molar-refractivity contribution in [3.05, 3.63) is 41.5 Å². The van der Waals surface area contributed by atoms with Gasteiger partial charge in [-0.2, -0.15) is 0 Å². The molecule has 1 fully saturated rings. The highest BCUT2D eigenvalue weighted by Gasteiger charge is 2.23. The Morgan fingerprint density at radius 2 is 2.07 bits per heavy atom. The van der Waals surface area contributed by atoms with Crippen LogP contribution in [0.3, 0.4) is 0 Å². The van der Waals surface area contributed by atoms with E-state index >= 15 is 0 Å². The first-order valence-corrected chi connectivity index (χ1v) is 9.83. The molecular formula is C20H28N6O. The lowest BCUT2D eigenvalue weighted by atomic mass is 10.1. The number of guanidine groups is 1. The number of aliphatic imine (C=N–C) groups is 1. The van der Waals surface area contributed by atoms with E-state index < -0.39 is 0 Å². The summed E-state index contributed by atoms with van der Waals surface area (Å²) in [4.78, 5) is 4.76. The Morgan fingerprint density at radius 1 is 1.26 bits per heavy atom. The van der Waals surface area contributed by atoms with Crippen molar-refractivity contribution in [3.8, 4) is 5.75 Å². The van der Waals surface area contributed by atoms with Crippen LogP contribution in [0, 0.1) is 6.92 Å². The number of aromatic nitrogens is 3. The van der Waals surface area contributed by atoms with Gasteiger partial charge in [0, 0.05) is 19.5 Å². The fourth-order valence-electron chi connectivity index (χ4n) is 3.73. The number of nitrogens with one attached hydrogen (secondary N) is 2. The Balaban J connectivity index is 1.38. The molecular weight excluding hydrogens is 340 g/mol. The van der Waals surface area contributed by atoms with E-state index in [9.17, 15) is 0 Å². The SMILES string of the molecule is Cc1nnc(CN=C(NCC2Cc3ccccc3O2)NC2CCCC2)n1C. The number of fused-ring (bicyclic) bond motifs is 1. The van der Waals surface area contributed by atoms with Crippen molar-refractivity contribution >= 4 is 5.96 Å². The zero-order valence-electron chi connectivity index (χ0n) is 16.1. The van der Waals surface area contributed by atoms with Gasteiger partial charge in [-0.1, -0.05) is 31.0 Å². The monoisotopic (exact) mass is 368 g/mol. The van der Waals surface area contributed by atoms with Crippen molar-refractivity contribution in [1.29, 1.82) is 0 Å². The van der Waals surface area contributed by atoms with Gasteiger partial charge in [0.15, 0.2) is 11.8 Å². The van der Waals surface area contributed by atoms with Crippen LogP contribution in [-0.2, 0) is 20.0 Å². The summed E-state index contributed by atoms with van der Waals surface area (Å²) in [5.74, 6) is 3.60. The highest BCUT2D eigenvalue weighted by Crippen LogP contribution is 2.27. The van der Waals surface area contributed by atoms with Crippen LogP contribution in [0.5, 0.6) is 5.75 Å². The van der Waals surface area contributed by atoms with Crippen LogP contribution >= 0.6 is 0 Å². The number of para-hydroxylation sites is 1. The molecule has 7 heteroatoms. The van der Waals surface area contributed by atoms with Gasteiger partial charge in [-0.15, -0.1) is 10.2 Å². The van der Waals surface area contributed by atoms with Gasteiger partial charge in [-0.05, 0) is 31.4 Å². The van der Waals surface area contributed by atoms with Gasteiger partial charge >= 0.3 is 0 Å². The molecule has 0 spiro atoms. The molecule has 2 aliphatic rings. The molecule has 1 saturated carbocycles. The van der Waals surface area contributed by atoms with Gasteiger partial charge < -0.3 is 19.9 Å². The molecule has 7 nitrogen and oxygen atoms in total. The predicted octanol–water partition coefficient (Wildman–Crippen LogP) is 2.11. The number of aryl methyl sites for hydroxylation is 1. The van der Waals surface area contributed by atoms with Gasteiger partial charge in [0.1, 0.15) is 24.2 Å². The van der Waals surface area contributed by atoms with Crippen molar-refractivity contribution in [3.63, 3.8) is 0 Å². The zero-order valence-corrected chi connectivity index (χ0v) is 16.1. The number of nitrogens with zero attached hydrogens (tertiary/aromatic N) is 4. The Morgan fingerprint density at radius 3 is 2.81 bits per heavy atom. The van der Waals surface area contributed by atoms with Crippen LogP contribution in [0.25, 0.3) is 0 Å². The standard InChI is InChI=1S/C20H28N6O/c1-14-24-25-19(26(14)2)13-22-20(23-16-8-4-5-9-16)21-12-17-11-15-7-3-6-10-18(15)27-17/h3,6-7,10,16-17H,4-5,8-9,11-13H2,1-2H3,(H2,21,22,23). The van der Waals surface area contributed by atoms with Crippen LogP contribution in [-0.4, -0.2) is 39.4 Å². The maximum Gasteiger partial charge on any atom is 0.192 e. The molecule has 0 saturated heterocycles. The molecule has 4 rings (SSSR count). The molecule has 1 aliphatic carbocycles. The zero-order chi connectivity index (χ0) is 18.6. The largest absolute Gasteiger partial charge is 0.488 e.